The fourth-order valence-corrected chi connectivity index (χ4v) is 4.15. The largest absolute Gasteiger partial charge is 0.318 e. The van der Waals surface area contributed by atoms with Gasteiger partial charge in [-0.2, -0.15) is 0 Å². The van der Waals surface area contributed by atoms with Crippen molar-refractivity contribution in [3.05, 3.63) is 62.8 Å². The average molecular weight is 421 g/mol. The summed E-state index contributed by atoms with van der Waals surface area (Å²) in [6.45, 7) is 0. The summed E-state index contributed by atoms with van der Waals surface area (Å²) in [7, 11) is 0. The molecule has 1 nitrogen and oxygen atoms in total. The van der Waals surface area contributed by atoms with Gasteiger partial charge in [-0.15, -0.1) is 0 Å². The summed E-state index contributed by atoms with van der Waals surface area (Å²) >= 11 is 7.17. The molecule has 0 amide bonds. The van der Waals surface area contributed by atoms with Gasteiger partial charge in [0.05, 0.1) is 0 Å². The van der Waals surface area contributed by atoms with Crippen molar-refractivity contribution in [2.24, 2.45) is 11.8 Å². The van der Waals surface area contributed by atoms with Gasteiger partial charge in [-0.1, -0.05) is 44.0 Å². The summed E-state index contributed by atoms with van der Waals surface area (Å²) < 4.78 is 2.43. The molecule has 1 fully saturated rings. The number of hydrogen-bond donors (Lipinski definition) is 0. The minimum absolute atomic E-state index is 0.841. The predicted octanol–water partition coefficient (Wildman–Crippen LogP) is 6.53. The van der Waals surface area contributed by atoms with Crippen LogP contribution in [0.15, 0.2) is 62.8 Å². The zero-order valence-electron chi connectivity index (χ0n) is 12.4. The van der Waals surface area contributed by atoms with Crippen molar-refractivity contribution < 1.29 is 0 Å². The molecule has 1 saturated carbocycles. The Kier molecular flexibility index (Phi) is 4.04. The van der Waals surface area contributed by atoms with Crippen molar-refractivity contribution in [1.29, 1.82) is 0 Å². The van der Waals surface area contributed by atoms with Crippen molar-refractivity contribution in [3.8, 4) is 0 Å². The maximum atomic E-state index is 3.62. The van der Waals surface area contributed by atoms with Crippen LogP contribution in [0, 0.1) is 11.8 Å². The van der Waals surface area contributed by atoms with Gasteiger partial charge in [0, 0.05) is 21.6 Å². The Balaban J connectivity index is 1.72. The molecule has 0 aliphatic heterocycles. The van der Waals surface area contributed by atoms with E-state index in [1.807, 2.05) is 0 Å². The number of halogens is 2. The topological polar surface area (TPSA) is 3.24 Å². The van der Waals surface area contributed by atoms with E-state index in [9.17, 15) is 0 Å². The Hall–Kier alpha value is -0.800. The van der Waals surface area contributed by atoms with E-state index in [4.69, 9.17) is 0 Å². The van der Waals surface area contributed by atoms with Crippen molar-refractivity contribution in [2.45, 2.75) is 32.1 Å². The maximum absolute atomic E-state index is 3.62. The lowest BCUT2D eigenvalue weighted by molar-refractivity contribution is 0.643. The number of benzene rings is 1. The van der Waals surface area contributed by atoms with Crippen molar-refractivity contribution in [1.82, 2.24) is 0 Å². The van der Waals surface area contributed by atoms with Crippen LogP contribution in [0.2, 0.25) is 0 Å². The lowest BCUT2D eigenvalue weighted by Gasteiger charge is -2.33. The Bertz CT molecular complexity index is 669. The molecule has 114 valence electrons. The normalized spacial score (nSPS) is 26.5. The molecule has 0 spiro atoms. The summed E-state index contributed by atoms with van der Waals surface area (Å²) in [6.07, 6.45) is 13.2. The Morgan fingerprint density at radius 2 is 1.73 bits per heavy atom. The number of nitrogens with zero attached hydrogens (tertiary/aromatic N) is 1. The first kappa shape index (κ1) is 14.8. The molecular formula is C19H19Br2N. The molecule has 0 saturated heterocycles. The fourth-order valence-electron chi connectivity index (χ4n) is 3.55. The fraction of sp³-hybridized carbons (Fsp3) is 0.368. The van der Waals surface area contributed by atoms with E-state index in [0.29, 0.717) is 0 Å². The summed E-state index contributed by atoms with van der Waals surface area (Å²) in [6, 6.07) is 8.72. The second-order valence-electron chi connectivity index (χ2n) is 6.44. The van der Waals surface area contributed by atoms with Crippen LogP contribution >= 0.6 is 31.9 Å². The number of anilines is 1. The molecule has 22 heavy (non-hydrogen) atoms. The number of allylic oxidation sites excluding steroid dienone is 6. The second kappa shape index (κ2) is 6.01. The van der Waals surface area contributed by atoms with Crippen LogP contribution in [0.3, 0.4) is 0 Å². The van der Waals surface area contributed by atoms with E-state index in [2.05, 4.69) is 79.3 Å². The molecule has 4 rings (SSSR count). The van der Waals surface area contributed by atoms with Gasteiger partial charge in [0.2, 0.25) is 0 Å². The van der Waals surface area contributed by atoms with E-state index >= 15 is 0 Å². The van der Waals surface area contributed by atoms with Gasteiger partial charge in [-0.05, 0) is 78.8 Å². The lowest BCUT2D eigenvalue weighted by atomic mass is 10.0. The molecule has 2 unspecified atom stereocenters. The maximum Gasteiger partial charge on any atom is 0.0455 e. The van der Waals surface area contributed by atoms with Crippen LogP contribution in [0.25, 0.3) is 0 Å². The zero-order chi connectivity index (χ0) is 15.1. The van der Waals surface area contributed by atoms with Gasteiger partial charge in [0.1, 0.15) is 0 Å². The zero-order valence-corrected chi connectivity index (χ0v) is 15.6. The predicted molar refractivity (Wildman–Crippen MR) is 99.9 cm³/mol. The van der Waals surface area contributed by atoms with Gasteiger partial charge in [0.25, 0.3) is 0 Å². The first-order chi connectivity index (χ1) is 10.7. The number of rotatable bonds is 3. The van der Waals surface area contributed by atoms with Gasteiger partial charge in [-0.3, -0.25) is 0 Å². The van der Waals surface area contributed by atoms with E-state index in [0.717, 1.165) is 29.2 Å². The number of fused-ring (bicyclic) bond motifs is 1. The van der Waals surface area contributed by atoms with Crippen LogP contribution in [0.5, 0.6) is 0 Å². The van der Waals surface area contributed by atoms with Crippen molar-refractivity contribution in [3.63, 3.8) is 0 Å². The SMILES string of the molecule is BrC1=CC=C(N(C2=CC3CC3CC2)c2ccc(Br)cc2)CC1. The van der Waals surface area contributed by atoms with Crippen LogP contribution in [0.1, 0.15) is 32.1 Å². The highest BCUT2D eigenvalue weighted by Crippen LogP contribution is 2.49. The molecule has 2 atom stereocenters. The highest BCUT2D eigenvalue weighted by atomic mass is 79.9. The first-order valence-electron chi connectivity index (χ1n) is 8.02. The smallest absolute Gasteiger partial charge is 0.0455 e. The molecule has 1 aromatic rings. The first-order valence-corrected chi connectivity index (χ1v) is 9.61. The highest BCUT2D eigenvalue weighted by molar-refractivity contribution is 9.11. The Labute approximate surface area is 149 Å². The third-order valence-corrected chi connectivity index (χ3v) is 6.08. The van der Waals surface area contributed by atoms with E-state index in [1.165, 1.54) is 40.8 Å². The molecule has 1 aromatic carbocycles. The summed E-state index contributed by atoms with van der Waals surface area (Å²) in [4.78, 5) is 2.50. The standard InChI is InChI=1S/C19H19Br2N/c20-15-2-7-17(8-3-15)22(18-9-4-16(21)5-10-18)19-6-1-13-11-14(13)12-19/h2-4,7-9,12-14H,1,5-6,10-11H2. The third kappa shape index (κ3) is 2.98. The van der Waals surface area contributed by atoms with Crippen LogP contribution in [-0.2, 0) is 0 Å². The summed E-state index contributed by atoms with van der Waals surface area (Å²) in [5.74, 6) is 1.82. The number of hydrogen-bond acceptors (Lipinski definition) is 1. The monoisotopic (exact) mass is 419 g/mol. The van der Waals surface area contributed by atoms with Crippen molar-refractivity contribution >= 4 is 37.5 Å². The minimum Gasteiger partial charge on any atom is -0.318 e. The highest BCUT2D eigenvalue weighted by Gasteiger charge is 2.39. The molecule has 3 heteroatoms. The van der Waals surface area contributed by atoms with Gasteiger partial charge in [-0.25, -0.2) is 0 Å². The molecule has 0 aromatic heterocycles. The molecule has 3 aliphatic rings. The average Bonchev–Trinajstić information content (AvgIpc) is 3.30. The Morgan fingerprint density at radius 1 is 0.909 bits per heavy atom. The van der Waals surface area contributed by atoms with Gasteiger partial charge in [0.15, 0.2) is 0 Å². The lowest BCUT2D eigenvalue weighted by Crippen LogP contribution is -2.24. The third-order valence-electron chi connectivity index (χ3n) is 4.89. The molecular weight excluding hydrogens is 402 g/mol. The van der Waals surface area contributed by atoms with Crippen molar-refractivity contribution in [2.75, 3.05) is 4.90 Å². The van der Waals surface area contributed by atoms with E-state index in [-0.39, 0.29) is 0 Å². The molecule has 3 aliphatic carbocycles. The molecule has 0 N–H and O–H groups in total. The Morgan fingerprint density at radius 3 is 2.41 bits per heavy atom. The molecule has 0 bridgehead atoms. The van der Waals surface area contributed by atoms with Crippen LogP contribution in [0.4, 0.5) is 5.69 Å². The second-order valence-corrected chi connectivity index (χ2v) is 8.37. The summed E-state index contributed by atoms with van der Waals surface area (Å²) in [5, 5.41) is 0. The molecule has 0 radical (unpaired) electrons. The van der Waals surface area contributed by atoms with E-state index < -0.39 is 0 Å². The van der Waals surface area contributed by atoms with Crippen LogP contribution in [-0.4, -0.2) is 0 Å². The quantitative estimate of drug-likeness (QED) is 0.537. The van der Waals surface area contributed by atoms with Crippen LogP contribution < -0.4 is 4.90 Å². The van der Waals surface area contributed by atoms with Gasteiger partial charge < -0.3 is 4.90 Å². The van der Waals surface area contributed by atoms with Gasteiger partial charge >= 0.3 is 0 Å². The summed E-state index contributed by atoms with van der Waals surface area (Å²) in [5.41, 5.74) is 4.20. The van der Waals surface area contributed by atoms with E-state index in [1.54, 1.807) is 0 Å². The minimum atomic E-state index is 0.841. The molecule has 0 heterocycles.